The lowest BCUT2D eigenvalue weighted by Crippen LogP contribution is -2.14. The molecular formula is C14H12BrN3. The quantitative estimate of drug-likeness (QED) is 0.895. The minimum absolute atomic E-state index is 0.753. The minimum atomic E-state index is 0.753. The Kier molecular flexibility index (Phi) is 3.02. The van der Waals surface area contributed by atoms with Gasteiger partial charge >= 0.3 is 0 Å². The lowest BCUT2D eigenvalue weighted by atomic mass is 10.1. The van der Waals surface area contributed by atoms with E-state index < -0.39 is 0 Å². The fraction of sp³-hybridized carbons (Fsp3) is 0.0714. The third-order valence-corrected chi connectivity index (χ3v) is 3.41. The van der Waals surface area contributed by atoms with E-state index in [1.54, 1.807) is 0 Å². The van der Waals surface area contributed by atoms with Crippen LogP contribution in [0, 0.1) is 0 Å². The molecule has 0 fully saturated rings. The lowest BCUT2D eigenvalue weighted by molar-refractivity contribution is 0.850. The van der Waals surface area contributed by atoms with E-state index in [9.17, 15) is 0 Å². The molecule has 2 N–H and O–H groups in total. The van der Waals surface area contributed by atoms with E-state index in [1.165, 1.54) is 5.56 Å². The van der Waals surface area contributed by atoms with Crippen LogP contribution in [0.3, 0.4) is 0 Å². The Morgan fingerprint density at radius 3 is 2.00 bits per heavy atom. The molecule has 2 heterocycles. The fourth-order valence-corrected chi connectivity index (χ4v) is 2.29. The Bertz CT molecular complexity index is 576. The molecule has 0 unspecified atom stereocenters. The maximum Gasteiger partial charge on any atom is 0.0851 e. The summed E-state index contributed by atoms with van der Waals surface area (Å²) in [6.07, 6.45) is 3.61. The minimum Gasteiger partial charge on any atom is -0.366 e. The Labute approximate surface area is 114 Å². The molecule has 0 aliphatic carbocycles. The summed E-state index contributed by atoms with van der Waals surface area (Å²) in [6.45, 7) is 0.753. The second-order valence-electron chi connectivity index (χ2n) is 4.02. The van der Waals surface area contributed by atoms with Gasteiger partial charge in [0.25, 0.3) is 0 Å². The van der Waals surface area contributed by atoms with Crippen LogP contribution < -0.4 is 10.6 Å². The van der Waals surface area contributed by atoms with Crippen LogP contribution in [0.5, 0.6) is 0 Å². The molecule has 0 bridgehead atoms. The zero-order chi connectivity index (χ0) is 12.4. The van der Waals surface area contributed by atoms with Crippen LogP contribution in [0.15, 0.2) is 53.3 Å². The summed E-state index contributed by atoms with van der Waals surface area (Å²) < 4.78 is 1.09. The molecule has 2 aromatic rings. The van der Waals surface area contributed by atoms with Crippen molar-refractivity contribution in [3.8, 4) is 0 Å². The maximum absolute atomic E-state index is 4.05. The average Bonchev–Trinajstić information content (AvgIpc) is 2.90. The number of halogens is 1. The van der Waals surface area contributed by atoms with E-state index in [0.29, 0.717) is 0 Å². The molecule has 0 radical (unpaired) electrons. The highest BCUT2D eigenvalue weighted by Gasteiger charge is 2.16. The summed E-state index contributed by atoms with van der Waals surface area (Å²) in [5.41, 5.74) is 4.58. The van der Waals surface area contributed by atoms with Gasteiger partial charge < -0.3 is 10.6 Å². The predicted octanol–water partition coefficient (Wildman–Crippen LogP) is 2.82. The van der Waals surface area contributed by atoms with E-state index in [1.807, 2.05) is 36.7 Å². The first-order valence-corrected chi connectivity index (χ1v) is 6.52. The SMILES string of the molecule is Brc1ccc(C2=C(c3ccncc3)NCN2)cc1. The summed E-state index contributed by atoms with van der Waals surface area (Å²) in [5, 5.41) is 6.74. The van der Waals surface area contributed by atoms with Gasteiger partial charge in [-0.15, -0.1) is 0 Å². The van der Waals surface area contributed by atoms with E-state index in [4.69, 9.17) is 0 Å². The van der Waals surface area contributed by atoms with Crippen LogP contribution in [0.1, 0.15) is 11.1 Å². The van der Waals surface area contributed by atoms with E-state index in [-0.39, 0.29) is 0 Å². The molecule has 0 atom stereocenters. The smallest absolute Gasteiger partial charge is 0.0851 e. The predicted molar refractivity (Wildman–Crippen MR) is 76.3 cm³/mol. The van der Waals surface area contributed by atoms with Crippen molar-refractivity contribution < 1.29 is 0 Å². The van der Waals surface area contributed by atoms with Crippen LogP contribution in [0.4, 0.5) is 0 Å². The molecule has 90 valence electrons. The van der Waals surface area contributed by atoms with Crippen LogP contribution in [-0.4, -0.2) is 11.7 Å². The first-order valence-electron chi connectivity index (χ1n) is 5.73. The Balaban J connectivity index is 2.06. The highest BCUT2D eigenvalue weighted by atomic mass is 79.9. The number of hydrogen-bond donors (Lipinski definition) is 2. The van der Waals surface area contributed by atoms with E-state index in [2.05, 4.69) is 43.7 Å². The molecule has 0 amide bonds. The van der Waals surface area contributed by atoms with Crippen molar-refractivity contribution in [3.05, 3.63) is 64.4 Å². The highest BCUT2D eigenvalue weighted by Crippen LogP contribution is 2.25. The van der Waals surface area contributed by atoms with Crippen molar-refractivity contribution in [2.75, 3.05) is 6.67 Å². The fourth-order valence-electron chi connectivity index (χ4n) is 2.03. The highest BCUT2D eigenvalue weighted by molar-refractivity contribution is 9.10. The Hall–Kier alpha value is -1.81. The van der Waals surface area contributed by atoms with Crippen molar-refractivity contribution in [2.45, 2.75) is 0 Å². The Morgan fingerprint density at radius 1 is 0.833 bits per heavy atom. The van der Waals surface area contributed by atoms with Gasteiger partial charge in [-0.25, -0.2) is 0 Å². The molecule has 3 rings (SSSR count). The number of aromatic nitrogens is 1. The largest absolute Gasteiger partial charge is 0.366 e. The van der Waals surface area contributed by atoms with Crippen LogP contribution >= 0.6 is 15.9 Å². The van der Waals surface area contributed by atoms with Gasteiger partial charge in [0.2, 0.25) is 0 Å². The number of benzene rings is 1. The molecule has 1 aromatic carbocycles. The van der Waals surface area contributed by atoms with Gasteiger partial charge in [-0.3, -0.25) is 4.98 Å². The van der Waals surface area contributed by atoms with Crippen LogP contribution in [-0.2, 0) is 0 Å². The molecule has 1 aliphatic rings. The lowest BCUT2D eigenvalue weighted by Gasteiger charge is -2.07. The first-order chi connectivity index (χ1) is 8.84. The second kappa shape index (κ2) is 4.82. The van der Waals surface area contributed by atoms with Crippen molar-refractivity contribution in [1.29, 1.82) is 0 Å². The molecule has 0 saturated carbocycles. The van der Waals surface area contributed by atoms with Crippen molar-refractivity contribution in [2.24, 2.45) is 0 Å². The van der Waals surface area contributed by atoms with Crippen molar-refractivity contribution >= 4 is 27.3 Å². The standard InChI is InChI=1S/C14H12BrN3/c15-12-3-1-10(2-4-12)13-14(18-9-17-13)11-5-7-16-8-6-11/h1-8,17-18H,9H2. The summed E-state index contributed by atoms with van der Waals surface area (Å²) in [4.78, 5) is 4.05. The zero-order valence-electron chi connectivity index (χ0n) is 9.65. The molecule has 1 aromatic heterocycles. The monoisotopic (exact) mass is 301 g/mol. The second-order valence-corrected chi connectivity index (χ2v) is 4.94. The summed E-state index contributed by atoms with van der Waals surface area (Å²) >= 11 is 3.45. The third kappa shape index (κ3) is 2.11. The van der Waals surface area contributed by atoms with Gasteiger partial charge in [0, 0.05) is 22.4 Å². The van der Waals surface area contributed by atoms with Gasteiger partial charge in [-0.2, -0.15) is 0 Å². The molecule has 4 heteroatoms. The van der Waals surface area contributed by atoms with Crippen molar-refractivity contribution in [1.82, 2.24) is 15.6 Å². The number of pyridine rings is 1. The molecule has 18 heavy (non-hydrogen) atoms. The van der Waals surface area contributed by atoms with Gasteiger partial charge in [-0.1, -0.05) is 28.1 Å². The summed E-state index contributed by atoms with van der Waals surface area (Å²) in [6, 6.07) is 12.3. The number of nitrogens with one attached hydrogen (secondary N) is 2. The van der Waals surface area contributed by atoms with Crippen molar-refractivity contribution in [3.63, 3.8) is 0 Å². The molecule has 0 saturated heterocycles. The first kappa shape index (κ1) is 11.3. The summed E-state index contributed by atoms with van der Waals surface area (Å²) in [5.74, 6) is 0. The number of nitrogens with zero attached hydrogens (tertiary/aromatic N) is 1. The molecule has 3 nitrogen and oxygen atoms in total. The van der Waals surface area contributed by atoms with Crippen LogP contribution in [0.25, 0.3) is 11.4 Å². The maximum atomic E-state index is 4.05. The van der Waals surface area contributed by atoms with Gasteiger partial charge in [-0.05, 0) is 29.8 Å². The van der Waals surface area contributed by atoms with Gasteiger partial charge in [0.15, 0.2) is 0 Å². The van der Waals surface area contributed by atoms with E-state index in [0.717, 1.165) is 28.1 Å². The Morgan fingerprint density at radius 2 is 1.39 bits per heavy atom. The number of rotatable bonds is 2. The van der Waals surface area contributed by atoms with Gasteiger partial charge in [0.05, 0.1) is 18.1 Å². The number of hydrogen-bond acceptors (Lipinski definition) is 3. The molecule has 0 spiro atoms. The average molecular weight is 302 g/mol. The van der Waals surface area contributed by atoms with Crippen LogP contribution in [0.2, 0.25) is 0 Å². The zero-order valence-corrected chi connectivity index (χ0v) is 11.2. The van der Waals surface area contributed by atoms with Gasteiger partial charge in [0.1, 0.15) is 0 Å². The topological polar surface area (TPSA) is 37.0 Å². The van der Waals surface area contributed by atoms with E-state index >= 15 is 0 Å². The molecule has 1 aliphatic heterocycles. The molecular weight excluding hydrogens is 290 g/mol. The normalized spacial score (nSPS) is 14.3. The summed E-state index contributed by atoms with van der Waals surface area (Å²) in [7, 11) is 0. The third-order valence-electron chi connectivity index (χ3n) is 2.88.